The minimum atomic E-state index is -1.07. The Hall–Kier alpha value is -3.03. The van der Waals surface area contributed by atoms with E-state index in [9.17, 15) is 19.5 Å². The van der Waals surface area contributed by atoms with Gasteiger partial charge in [0.15, 0.2) is 5.57 Å². The molecule has 23 heavy (non-hydrogen) atoms. The zero-order chi connectivity index (χ0) is 17.4. The van der Waals surface area contributed by atoms with E-state index >= 15 is 0 Å². The number of rotatable bonds is 5. The summed E-state index contributed by atoms with van der Waals surface area (Å²) in [5.74, 6) is -2.82. The van der Waals surface area contributed by atoms with Gasteiger partial charge in [0.25, 0.3) is 0 Å². The van der Waals surface area contributed by atoms with Gasteiger partial charge < -0.3 is 19.3 Å². The van der Waals surface area contributed by atoms with Gasteiger partial charge in [-0.15, -0.1) is 0 Å². The molecule has 0 fully saturated rings. The Morgan fingerprint density at radius 1 is 1.09 bits per heavy atom. The smallest absolute Gasteiger partial charge is 0.411 e. The Balaban J connectivity index is 3.36. The van der Waals surface area contributed by atoms with Crippen molar-refractivity contribution < 1.29 is 33.7 Å². The molecule has 0 aromatic heterocycles. The molecule has 1 aromatic carbocycles. The molecule has 0 unspecified atom stereocenters. The zero-order valence-corrected chi connectivity index (χ0v) is 12.9. The summed E-state index contributed by atoms with van der Waals surface area (Å²) in [6.45, 7) is 1.79. The lowest BCUT2D eigenvalue weighted by atomic mass is 10.1. The van der Waals surface area contributed by atoms with Crippen LogP contribution in [-0.2, 0) is 23.8 Å². The number of carbonyl (C=O) groups excluding carboxylic acids is 3. The minimum absolute atomic E-state index is 0.0337. The Morgan fingerprint density at radius 2 is 1.65 bits per heavy atom. The van der Waals surface area contributed by atoms with E-state index in [-0.39, 0.29) is 17.9 Å². The average Bonchev–Trinajstić information content (AvgIpc) is 2.55. The van der Waals surface area contributed by atoms with Crippen LogP contribution in [-0.4, -0.2) is 44.0 Å². The number of amides is 1. The van der Waals surface area contributed by atoms with E-state index in [1.54, 1.807) is 19.1 Å². The number of carbonyl (C=O) groups is 3. The molecule has 0 aliphatic carbocycles. The van der Waals surface area contributed by atoms with Crippen LogP contribution in [0.3, 0.4) is 0 Å². The summed E-state index contributed by atoms with van der Waals surface area (Å²) in [6.07, 6.45) is -0.745. The van der Waals surface area contributed by atoms with E-state index < -0.39 is 29.4 Å². The highest BCUT2D eigenvalue weighted by atomic mass is 16.6. The second-order valence-corrected chi connectivity index (χ2v) is 4.10. The fourth-order valence-electron chi connectivity index (χ4n) is 1.69. The number of esters is 2. The van der Waals surface area contributed by atoms with Crippen molar-refractivity contribution in [2.75, 3.05) is 26.1 Å². The number of para-hydroxylation sites is 1. The van der Waals surface area contributed by atoms with Gasteiger partial charge in [0.1, 0.15) is 5.76 Å². The molecular formula is C15H17NO7. The van der Waals surface area contributed by atoms with Crippen molar-refractivity contribution in [2.45, 2.75) is 6.92 Å². The molecule has 1 aromatic rings. The van der Waals surface area contributed by atoms with Gasteiger partial charge in [-0.1, -0.05) is 12.1 Å². The largest absolute Gasteiger partial charge is 0.506 e. The highest BCUT2D eigenvalue weighted by molar-refractivity contribution is 6.19. The summed E-state index contributed by atoms with van der Waals surface area (Å²) in [6, 6.07) is 6.01. The molecule has 8 nitrogen and oxygen atoms in total. The number of benzene rings is 1. The summed E-state index contributed by atoms with van der Waals surface area (Å²) >= 11 is 0. The molecular weight excluding hydrogens is 306 g/mol. The Kier molecular flexibility index (Phi) is 6.60. The normalized spacial score (nSPS) is 9.52. The molecule has 124 valence electrons. The van der Waals surface area contributed by atoms with E-state index in [1.807, 2.05) is 0 Å². The van der Waals surface area contributed by atoms with E-state index in [1.165, 1.54) is 12.1 Å². The van der Waals surface area contributed by atoms with Crippen molar-refractivity contribution >= 4 is 29.5 Å². The number of nitrogens with one attached hydrogen (secondary N) is 1. The Bertz CT molecular complexity index is 618. The van der Waals surface area contributed by atoms with Gasteiger partial charge in [0, 0.05) is 5.56 Å². The summed E-state index contributed by atoms with van der Waals surface area (Å²) in [5, 5.41) is 12.7. The first-order chi connectivity index (χ1) is 11.0. The summed E-state index contributed by atoms with van der Waals surface area (Å²) < 4.78 is 13.7. The van der Waals surface area contributed by atoms with E-state index in [4.69, 9.17) is 4.74 Å². The van der Waals surface area contributed by atoms with Crippen LogP contribution >= 0.6 is 0 Å². The third kappa shape index (κ3) is 4.47. The van der Waals surface area contributed by atoms with Gasteiger partial charge in [0.05, 0.1) is 26.5 Å². The quantitative estimate of drug-likeness (QED) is 0.212. The topological polar surface area (TPSA) is 111 Å². The zero-order valence-electron chi connectivity index (χ0n) is 12.9. The number of ether oxygens (including phenoxy) is 3. The third-order valence-electron chi connectivity index (χ3n) is 2.71. The first kappa shape index (κ1) is 18.0. The van der Waals surface area contributed by atoms with Crippen LogP contribution in [0.4, 0.5) is 10.5 Å². The second kappa shape index (κ2) is 8.42. The van der Waals surface area contributed by atoms with Crippen molar-refractivity contribution in [3.8, 4) is 0 Å². The summed E-state index contributed by atoms with van der Waals surface area (Å²) in [4.78, 5) is 34.9. The van der Waals surface area contributed by atoms with Crippen molar-refractivity contribution in [1.82, 2.24) is 0 Å². The molecule has 0 spiro atoms. The molecule has 0 bridgehead atoms. The van der Waals surface area contributed by atoms with Crippen molar-refractivity contribution in [3.05, 3.63) is 35.4 Å². The van der Waals surface area contributed by atoms with Crippen LogP contribution in [0, 0.1) is 0 Å². The van der Waals surface area contributed by atoms with Crippen LogP contribution in [0.2, 0.25) is 0 Å². The standard InChI is InChI=1S/C15H17NO7/c1-4-23-15(20)16-10-8-6-5-7-9(10)12(17)11(13(18)21-2)14(19)22-3/h5-8,17H,4H2,1-3H3,(H,16,20). The fourth-order valence-corrected chi connectivity index (χ4v) is 1.69. The predicted octanol–water partition coefficient (Wildman–Crippen LogP) is 1.87. The van der Waals surface area contributed by atoms with E-state index in [0.29, 0.717) is 0 Å². The monoisotopic (exact) mass is 323 g/mol. The highest BCUT2D eigenvalue weighted by Crippen LogP contribution is 2.25. The SMILES string of the molecule is CCOC(=O)Nc1ccccc1C(O)=C(C(=O)OC)C(=O)OC. The van der Waals surface area contributed by atoms with E-state index in [2.05, 4.69) is 14.8 Å². The maximum absolute atomic E-state index is 11.7. The number of anilines is 1. The van der Waals surface area contributed by atoms with Crippen molar-refractivity contribution in [1.29, 1.82) is 0 Å². The molecule has 1 amide bonds. The molecule has 0 saturated heterocycles. The van der Waals surface area contributed by atoms with Crippen LogP contribution in [0.15, 0.2) is 29.8 Å². The number of methoxy groups -OCH3 is 2. The maximum Gasteiger partial charge on any atom is 0.411 e. The molecule has 0 aliphatic heterocycles. The van der Waals surface area contributed by atoms with Crippen molar-refractivity contribution in [2.24, 2.45) is 0 Å². The van der Waals surface area contributed by atoms with Gasteiger partial charge in [-0.3, -0.25) is 5.32 Å². The predicted molar refractivity (Wildman–Crippen MR) is 80.7 cm³/mol. The van der Waals surface area contributed by atoms with Gasteiger partial charge in [-0.25, -0.2) is 14.4 Å². The number of aliphatic hydroxyl groups excluding tert-OH is 1. The first-order valence-corrected chi connectivity index (χ1v) is 6.59. The fraction of sp³-hybridized carbons (Fsp3) is 0.267. The molecule has 1 rings (SSSR count). The molecule has 0 atom stereocenters. The lowest BCUT2D eigenvalue weighted by molar-refractivity contribution is -0.144. The minimum Gasteiger partial charge on any atom is -0.506 e. The number of hydrogen-bond acceptors (Lipinski definition) is 7. The average molecular weight is 323 g/mol. The molecule has 0 heterocycles. The summed E-state index contributed by atoms with van der Waals surface area (Å²) in [5.41, 5.74) is -0.506. The third-order valence-corrected chi connectivity index (χ3v) is 2.71. The number of hydrogen-bond donors (Lipinski definition) is 2. The summed E-state index contributed by atoms with van der Waals surface area (Å²) in [7, 11) is 2.11. The van der Waals surface area contributed by atoms with Crippen LogP contribution < -0.4 is 5.32 Å². The Labute approximate surface area is 132 Å². The molecule has 2 N–H and O–H groups in total. The van der Waals surface area contributed by atoms with Gasteiger partial charge in [-0.2, -0.15) is 0 Å². The molecule has 8 heteroatoms. The van der Waals surface area contributed by atoms with Gasteiger partial charge >= 0.3 is 18.0 Å². The van der Waals surface area contributed by atoms with E-state index in [0.717, 1.165) is 14.2 Å². The van der Waals surface area contributed by atoms with Crippen LogP contribution in [0.1, 0.15) is 12.5 Å². The molecule has 0 radical (unpaired) electrons. The second-order valence-electron chi connectivity index (χ2n) is 4.10. The lowest BCUT2D eigenvalue weighted by Crippen LogP contribution is -2.19. The lowest BCUT2D eigenvalue weighted by Gasteiger charge is -2.12. The van der Waals surface area contributed by atoms with Crippen LogP contribution in [0.5, 0.6) is 0 Å². The molecule has 0 aliphatic rings. The first-order valence-electron chi connectivity index (χ1n) is 6.59. The highest BCUT2D eigenvalue weighted by Gasteiger charge is 2.27. The Morgan fingerprint density at radius 3 is 2.17 bits per heavy atom. The maximum atomic E-state index is 11.7. The van der Waals surface area contributed by atoms with Gasteiger partial charge in [0.2, 0.25) is 0 Å². The number of aliphatic hydroxyl groups is 1. The van der Waals surface area contributed by atoms with Crippen LogP contribution in [0.25, 0.3) is 5.76 Å². The van der Waals surface area contributed by atoms with Gasteiger partial charge in [-0.05, 0) is 19.1 Å². The molecule has 0 saturated carbocycles. The van der Waals surface area contributed by atoms with Crippen molar-refractivity contribution in [3.63, 3.8) is 0 Å².